The van der Waals surface area contributed by atoms with Gasteiger partial charge in [0.15, 0.2) is 0 Å². The van der Waals surface area contributed by atoms with E-state index in [0.717, 1.165) is 51.8 Å². The summed E-state index contributed by atoms with van der Waals surface area (Å²) in [5, 5.41) is 0. The Balaban J connectivity index is 1.28. The third kappa shape index (κ3) is 2.63. The quantitative estimate of drug-likeness (QED) is 0.460. The highest BCUT2D eigenvalue weighted by Gasteiger charge is 2.69. The van der Waals surface area contributed by atoms with Gasteiger partial charge in [0.25, 0.3) is 0 Å². The van der Waals surface area contributed by atoms with Crippen LogP contribution in [0.3, 0.4) is 0 Å². The highest BCUT2D eigenvalue weighted by Crippen LogP contribution is 2.78. The summed E-state index contributed by atoms with van der Waals surface area (Å²) in [4.78, 5) is 2.89. The molecule has 0 aromatic heterocycles. The van der Waals surface area contributed by atoms with Crippen LogP contribution < -0.4 is 0 Å². The molecule has 0 aromatic carbocycles. The van der Waals surface area contributed by atoms with Gasteiger partial charge < -0.3 is 4.90 Å². The van der Waals surface area contributed by atoms with Gasteiger partial charge in [-0.25, -0.2) is 0 Å². The van der Waals surface area contributed by atoms with Gasteiger partial charge in [-0.2, -0.15) is 0 Å². The van der Waals surface area contributed by atoms with E-state index in [2.05, 4.69) is 11.8 Å². The zero-order chi connectivity index (χ0) is 20.0. The van der Waals surface area contributed by atoms with Crippen LogP contribution in [0.15, 0.2) is 0 Å². The highest BCUT2D eigenvalue weighted by molar-refractivity contribution is 5.19. The predicted molar refractivity (Wildman–Crippen MR) is 124 cm³/mol. The van der Waals surface area contributed by atoms with Crippen LogP contribution in [0.2, 0.25) is 0 Å². The molecule has 0 amide bonds. The molecule has 1 nitrogen and oxygen atoms in total. The van der Waals surface area contributed by atoms with Crippen LogP contribution >= 0.6 is 0 Å². The largest absolute Gasteiger partial charge is 0.303 e. The summed E-state index contributed by atoms with van der Waals surface area (Å²) >= 11 is 0. The molecule has 0 unspecified atom stereocenters. The summed E-state index contributed by atoms with van der Waals surface area (Å²) in [6.07, 6.45) is 25.7. The van der Waals surface area contributed by atoms with E-state index in [4.69, 9.17) is 0 Å². The van der Waals surface area contributed by atoms with Crippen molar-refractivity contribution >= 4 is 0 Å². The minimum absolute atomic E-state index is 0.731. The molecule has 8 aliphatic carbocycles. The van der Waals surface area contributed by atoms with Gasteiger partial charge in [0.05, 0.1) is 0 Å². The standard InChI is InChI=1S/C29H47N/c1-2-3-6-30-7-4-29(5-8-30,27-15-21-9-22(16-27)11-23(10-21)17-27)28-18-24-12-25(19-28)14-26(13-24)20-28/h21-26H,2-20H2,1H3. The molecule has 0 aromatic rings. The number of likely N-dealkylation sites (tertiary alicyclic amines) is 1. The molecule has 30 heavy (non-hydrogen) atoms. The molecule has 9 aliphatic rings. The molecule has 9 fully saturated rings. The second-order valence-corrected chi connectivity index (χ2v) is 14.2. The molecule has 8 saturated carbocycles. The van der Waals surface area contributed by atoms with Crippen LogP contribution in [0.25, 0.3) is 0 Å². The van der Waals surface area contributed by atoms with Crippen molar-refractivity contribution in [1.82, 2.24) is 4.90 Å². The van der Waals surface area contributed by atoms with Gasteiger partial charge in [0.2, 0.25) is 0 Å². The van der Waals surface area contributed by atoms with Gasteiger partial charge in [-0.15, -0.1) is 0 Å². The van der Waals surface area contributed by atoms with Crippen molar-refractivity contribution in [1.29, 1.82) is 0 Å². The molecule has 1 aliphatic heterocycles. The molecular weight excluding hydrogens is 362 g/mol. The first-order valence-electron chi connectivity index (χ1n) is 14.3. The molecule has 1 heterocycles. The molecule has 9 rings (SSSR count). The van der Waals surface area contributed by atoms with Crippen molar-refractivity contribution in [2.75, 3.05) is 19.6 Å². The zero-order valence-electron chi connectivity index (χ0n) is 19.8. The van der Waals surface area contributed by atoms with Gasteiger partial charge in [0, 0.05) is 0 Å². The summed E-state index contributed by atoms with van der Waals surface area (Å²) in [6, 6.07) is 0. The fourth-order valence-corrected chi connectivity index (χ4v) is 12.6. The molecule has 1 heteroatoms. The van der Waals surface area contributed by atoms with E-state index in [-0.39, 0.29) is 0 Å². The summed E-state index contributed by atoms with van der Waals surface area (Å²) in [5.74, 6) is 6.75. The number of nitrogens with zero attached hydrogens (tertiary/aromatic N) is 1. The van der Waals surface area contributed by atoms with E-state index < -0.39 is 0 Å². The molecule has 0 radical (unpaired) electrons. The average Bonchev–Trinajstić information content (AvgIpc) is 2.70. The van der Waals surface area contributed by atoms with Gasteiger partial charge in [-0.05, 0) is 168 Å². The van der Waals surface area contributed by atoms with E-state index in [1.54, 1.807) is 89.9 Å². The number of unbranched alkanes of at least 4 members (excludes halogenated alkanes) is 1. The summed E-state index contributed by atoms with van der Waals surface area (Å²) in [6.45, 7) is 6.65. The van der Waals surface area contributed by atoms with Crippen LogP contribution in [0.4, 0.5) is 0 Å². The smallest absolute Gasteiger partial charge is 0.00130 e. The Kier molecular flexibility index (Phi) is 4.37. The lowest BCUT2D eigenvalue weighted by molar-refractivity contribution is -0.245. The topological polar surface area (TPSA) is 3.24 Å². The van der Waals surface area contributed by atoms with Gasteiger partial charge >= 0.3 is 0 Å². The lowest BCUT2D eigenvalue weighted by Crippen LogP contribution is -2.66. The van der Waals surface area contributed by atoms with E-state index in [1.807, 2.05) is 0 Å². The van der Waals surface area contributed by atoms with Crippen LogP contribution in [0, 0.1) is 51.8 Å². The van der Waals surface area contributed by atoms with Crippen LogP contribution in [0.1, 0.15) is 110 Å². The normalized spacial score (nSPS) is 53.5. The average molecular weight is 410 g/mol. The van der Waals surface area contributed by atoms with Crippen LogP contribution in [-0.4, -0.2) is 24.5 Å². The van der Waals surface area contributed by atoms with Crippen molar-refractivity contribution < 1.29 is 0 Å². The predicted octanol–water partition coefficient (Wildman–Crippen LogP) is 7.30. The maximum Gasteiger partial charge on any atom is -0.00130 e. The Hall–Kier alpha value is -0.0400. The van der Waals surface area contributed by atoms with E-state index >= 15 is 0 Å². The second-order valence-electron chi connectivity index (χ2n) is 14.2. The summed E-state index contributed by atoms with van der Waals surface area (Å²) in [7, 11) is 0. The minimum atomic E-state index is 0.731. The first-order chi connectivity index (χ1) is 14.6. The van der Waals surface area contributed by atoms with Crippen LogP contribution in [0.5, 0.6) is 0 Å². The maximum atomic E-state index is 2.89. The number of piperidine rings is 1. The summed E-state index contributed by atoms with van der Waals surface area (Å²) in [5.41, 5.74) is 2.27. The van der Waals surface area contributed by atoms with Crippen molar-refractivity contribution in [2.45, 2.75) is 110 Å². The molecule has 168 valence electrons. The third-order valence-corrected chi connectivity index (χ3v) is 12.6. The third-order valence-electron chi connectivity index (χ3n) is 12.6. The fraction of sp³-hybridized carbons (Fsp3) is 1.00. The number of rotatable bonds is 5. The van der Waals surface area contributed by atoms with Crippen molar-refractivity contribution in [3.63, 3.8) is 0 Å². The van der Waals surface area contributed by atoms with Crippen molar-refractivity contribution in [3.8, 4) is 0 Å². The molecule has 0 N–H and O–H groups in total. The van der Waals surface area contributed by atoms with Crippen molar-refractivity contribution in [2.24, 2.45) is 51.8 Å². The molecule has 0 atom stereocenters. The van der Waals surface area contributed by atoms with Gasteiger partial charge in [0.1, 0.15) is 0 Å². The Morgan fingerprint density at radius 2 is 0.967 bits per heavy atom. The Bertz CT molecular complexity index is 551. The van der Waals surface area contributed by atoms with E-state index in [1.165, 1.54) is 32.5 Å². The maximum absolute atomic E-state index is 2.89. The van der Waals surface area contributed by atoms with Crippen molar-refractivity contribution in [3.05, 3.63) is 0 Å². The second kappa shape index (κ2) is 6.74. The van der Waals surface area contributed by atoms with Gasteiger partial charge in [-0.3, -0.25) is 0 Å². The first-order valence-corrected chi connectivity index (χ1v) is 14.3. The zero-order valence-corrected chi connectivity index (χ0v) is 19.8. The monoisotopic (exact) mass is 409 g/mol. The van der Waals surface area contributed by atoms with Gasteiger partial charge in [-0.1, -0.05) is 13.3 Å². The highest BCUT2D eigenvalue weighted by atomic mass is 15.1. The Morgan fingerprint density at radius 1 is 0.600 bits per heavy atom. The fourth-order valence-electron chi connectivity index (χ4n) is 12.6. The molecule has 8 bridgehead atoms. The summed E-state index contributed by atoms with van der Waals surface area (Å²) < 4.78 is 0. The first kappa shape index (κ1) is 19.4. The molecular formula is C29H47N. The Morgan fingerprint density at radius 3 is 1.30 bits per heavy atom. The lowest BCUT2D eigenvalue weighted by Gasteiger charge is -2.74. The minimum Gasteiger partial charge on any atom is -0.303 e. The SMILES string of the molecule is CCCCN1CCC(C23CC4CC(CC(C4)C2)C3)(C23CC4CC(CC(C4)C2)C3)CC1. The number of hydrogen-bond acceptors (Lipinski definition) is 1. The molecule has 0 spiro atoms. The van der Waals surface area contributed by atoms with E-state index in [0.29, 0.717) is 0 Å². The van der Waals surface area contributed by atoms with E-state index in [9.17, 15) is 0 Å². The lowest BCUT2D eigenvalue weighted by atomic mass is 9.31. The molecule has 1 saturated heterocycles. The van der Waals surface area contributed by atoms with Crippen LogP contribution in [-0.2, 0) is 0 Å². The number of hydrogen-bond donors (Lipinski definition) is 0. The Labute approximate surface area is 186 Å².